The van der Waals surface area contributed by atoms with Crippen LogP contribution in [0, 0.1) is 0 Å². The van der Waals surface area contributed by atoms with E-state index in [1.807, 2.05) is 6.92 Å². The fourth-order valence-electron chi connectivity index (χ4n) is 0.750. The van der Waals surface area contributed by atoms with Gasteiger partial charge >= 0.3 is 73.7 Å². The van der Waals surface area contributed by atoms with Gasteiger partial charge in [0.2, 0.25) is 0 Å². The maximum absolute atomic E-state index is 4.28. The van der Waals surface area contributed by atoms with Crippen LogP contribution >= 0.6 is 0 Å². The molecule has 0 amide bonds. The second-order valence-corrected chi connectivity index (χ2v) is 7.85. The van der Waals surface area contributed by atoms with Gasteiger partial charge in [0.1, 0.15) is 0 Å². The molecule has 0 aliphatic heterocycles. The van der Waals surface area contributed by atoms with E-state index in [-0.39, 0.29) is 0 Å². The van der Waals surface area contributed by atoms with E-state index in [9.17, 15) is 0 Å². The van der Waals surface area contributed by atoms with E-state index in [0.717, 1.165) is 13.0 Å². The zero-order chi connectivity index (χ0) is 8.69. The molecular weight excluding hydrogens is 199 g/mol. The monoisotopic (exact) mass is 216 g/mol. The van der Waals surface area contributed by atoms with Crippen LogP contribution in [0.5, 0.6) is 0 Å². The Bertz CT molecular complexity index is 148. The first-order chi connectivity index (χ1) is 5.22. The second-order valence-electron chi connectivity index (χ2n) is 2.56. The number of rotatable bonds is 4. The van der Waals surface area contributed by atoms with Gasteiger partial charge in [-0.2, -0.15) is 0 Å². The first kappa shape index (κ1) is 10.9. The van der Waals surface area contributed by atoms with Crippen molar-refractivity contribution in [2.24, 2.45) is 9.98 Å². The number of nitrogens with zero attached hydrogens (tertiary/aromatic N) is 2. The van der Waals surface area contributed by atoms with Gasteiger partial charge in [0.25, 0.3) is 0 Å². The normalized spacial score (nSPS) is 12.5. The van der Waals surface area contributed by atoms with E-state index in [1.165, 1.54) is 0 Å². The van der Waals surface area contributed by atoms with E-state index < -0.39 is 14.7 Å². The molecule has 2 nitrogen and oxygen atoms in total. The molecule has 1 atom stereocenters. The standard InChI is InChI=1S/C8H17AsN2/c1-5-8(9(3)4)11-7-10-6-2/h8H,5-6H2,1-4H3. The SMILES string of the molecule is CCN=C=NC(CC)[As](C)C. The summed E-state index contributed by atoms with van der Waals surface area (Å²) in [7, 11) is 0. The molecule has 0 aromatic heterocycles. The average molecular weight is 216 g/mol. The van der Waals surface area contributed by atoms with Gasteiger partial charge in [-0.1, -0.05) is 0 Å². The molecule has 0 fully saturated rings. The van der Waals surface area contributed by atoms with Crippen molar-refractivity contribution in [3.63, 3.8) is 0 Å². The van der Waals surface area contributed by atoms with Gasteiger partial charge in [-0.25, -0.2) is 0 Å². The van der Waals surface area contributed by atoms with Gasteiger partial charge in [0, 0.05) is 0 Å². The summed E-state index contributed by atoms with van der Waals surface area (Å²) in [5.41, 5.74) is 4.64. The fourth-order valence-corrected chi connectivity index (χ4v) is 2.88. The zero-order valence-corrected chi connectivity index (χ0v) is 9.71. The van der Waals surface area contributed by atoms with Crippen molar-refractivity contribution in [1.82, 2.24) is 0 Å². The summed E-state index contributed by atoms with van der Waals surface area (Å²) in [6.07, 6.45) is 1.14. The predicted octanol–water partition coefficient (Wildman–Crippen LogP) is 2.25. The Kier molecular flexibility index (Phi) is 6.60. The van der Waals surface area contributed by atoms with Gasteiger partial charge in [-0.3, -0.25) is 0 Å². The summed E-state index contributed by atoms with van der Waals surface area (Å²) in [5.74, 6) is 0. The molecule has 0 rings (SSSR count). The van der Waals surface area contributed by atoms with Crippen molar-refractivity contribution in [2.75, 3.05) is 6.54 Å². The summed E-state index contributed by atoms with van der Waals surface area (Å²) in [5, 5.41) is 0. The Morgan fingerprint density at radius 1 is 1.36 bits per heavy atom. The van der Waals surface area contributed by atoms with Crippen molar-refractivity contribution in [1.29, 1.82) is 0 Å². The topological polar surface area (TPSA) is 24.7 Å². The van der Waals surface area contributed by atoms with Crippen LogP contribution in [0.1, 0.15) is 20.3 Å². The first-order valence-corrected chi connectivity index (χ1v) is 8.83. The van der Waals surface area contributed by atoms with Crippen LogP contribution in [-0.4, -0.2) is 32.0 Å². The molecule has 64 valence electrons. The Hall–Kier alpha value is -0.0616. The van der Waals surface area contributed by atoms with Gasteiger partial charge in [-0.05, 0) is 0 Å². The van der Waals surface area contributed by atoms with Crippen molar-refractivity contribution in [2.45, 2.75) is 36.5 Å². The van der Waals surface area contributed by atoms with Crippen molar-refractivity contribution < 1.29 is 0 Å². The number of hydrogen-bond donors (Lipinski definition) is 0. The molecule has 0 heterocycles. The maximum atomic E-state index is 4.28. The van der Waals surface area contributed by atoms with Crippen LogP contribution in [0.4, 0.5) is 0 Å². The molecular formula is C8H17AsN2. The van der Waals surface area contributed by atoms with Crippen LogP contribution in [0.3, 0.4) is 0 Å². The zero-order valence-electron chi connectivity index (χ0n) is 7.83. The van der Waals surface area contributed by atoms with Gasteiger partial charge in [0.05, 0.1) is 0 Å². The fraction of sp³-hybridized carbons (Fsp3) is 0.875. The minimum absolute atomic E-state index is 0.540. The van der Waals surface area contributed by atoms with E-state index in [4.69, 9.17) is 0 Å². The Balaban J connectivity index is 3.96. The molecule has 0 saturated carbocycles. The molecule has 0 bridgehead atoms. The molecule has 0 aromatic carbocycles. The van der Waals surface area contributed by atoms with Crippen molar-refractivity contribution in [3.05, 3.63) is 0 Å². The summed E-state index contributed by atoms with van der Waals surface area (Å²) < 4.78 is 0. The molecule has 0 aliphatic carbocycles. The van der Waals surface area contributed by atoms with Crippen molar-refractivity contribution in [3.8, 4) is 0 Å². The van der Waals surface area contributed by atoms with E-state index in [1.54, 1.807) is 0 Å². The summed E-state index contributed by atoms with van der Waals surface area (Å²) in [6, 6.07) is 2.75. The summed E-state index contributed by atoms with van der Waals surface area (Å²) in [6.45, 7) is 4.97. The molecule has 3 heteroatoms. The van der Waals surface area contributed by atoms with Crippen LogP contribution in [-0.2, 0) is 0 Å². The first-order valence-electron chi connectivity index (χ1n) is 4.00. The molecule has 11 heavy (non-hydrogen) atoms. The van der Waals surface area contributed by atoms with Gasteiger partial charge in [0.15, 0.2) is 0 Å². The number of hydrogen-bond acceptors (Lipinski definition) is 2. The Labute approximate surface area is 74.1 Å². The second kappa shape index (κ2) is 6.64. The molecule has 0 saturated heterocycles. The van der Waals surface area contributed by atoms with Crippen molar-refractivity contribution >= 4 is 20.7 Å². The average Bonchev–Trinajstić information content (AvgIpc) is 1.97. The number of aliphatic imine (C=N–C) groups is 2. The summed E-state index contributed by atoms with van der Waals surface area (Å²) >= 11 is -0.678. The summed E-state index contributed by atoms with van der Waals surface area (Å²) in [4.78, 5) is 8.77. The molecule has 0 radical (unpaired) electrons. The third-order valence-corrected chi connectivity index (χ3v) is 4.91. The third kappa shape index (κ3) is 5.23. The van der Waals surface area contributed by atoms with Crippen LogP contribution < -0.4 is 0 Å². The third-order valence-electron chi connectivity index (χ3n) is 1.40. The van der Waals surface area contributed by atoms with Crippen LogP contribution in [0.2, 0.25) is 11.4 Å². The van der Waals surface area contributed by atoms with Crippen LogP contribution in [0.25, 0.3) is 0 Å². The molecule has 1 unspecified atom stereocenters. The van der Waals surface area contributed by atoms with Gasteiger partial charge in [-0.15, -0.1) is 0 Å². The van der Waals surface area contributed by atoms with Gasteiger partial charge < -0.3 is 0 Å². The predicted molar refractivity (Wildman–Crippen MR) is 52.0 cm³/mol. The Morgan fingerprint density at radius 3 is 2.36 bits per heavy atom. The molecule has 0 aromatic rings. The van der Waals surface area contributed by atoms with E-state index in [2.05, 4.69) is 34.3 Å². The Morgan fingerprint density at radius 2 is 2.00 bits per heavy atom. The van der Waals surface area contributed by atoms with E-state index in [0.29, 0.717) is 4.83 Å². The molecule has 0 N–H and O–H groups in total. The molecule has 0 spiro atoms. The quantitative estimate of drug-likeness (QED) is 0.508. The van der Waals surface area contributed by atoms with E-state index >= 15 is 0 Å². The minimum atomic E-state index is -0.678. The molecule has 0 aliphatic rings. The van der Waals surface area contributed by atoms with Crippen LogP contribution in [0.15, 0.2) is 9.98 Å².